The lowest BCUT2D eigenvalue weighted by Gasteiger charge is -2.38. The summed E-state index contributed by atoms with van der Waals surface area (Å²) in [5, 5.41) is 84.1. The van der Waals surface area contributed by atoms with Crippen LogP contribution in [0, 0.1) is 0 Å². The van der Waals surface area contributed by atoms with Crippen LogP contribution in [0.25, 0.3) is 0 Å². The molecule has 0 saturated carbocycles. The third kappa shape index (κ3) is 5.27. The smallest absolute Gasteiger partial charge is 0.184 e. The molecule has 9 atom stereocenters. The Morgan fingerprint density at radius 3 is 1.96 bits per heavy atom. The number of rotatable bonds is 8. The maximum atomic E-state index is 9.65. The lowest BCUT2D eigenvalue weighted by atomic mass is 9.99. The molecule has 9 N–H and O–H groups in total. The zero-order valence-corrected chi connectivity index (χ0v) is 12.2. The molecule has 1 fully saturated rings. The van der Waals surface area contributed by atoms with Crippen LogP contribution in [-0.4, -0.2) is 121 Å². The Morgan fingerprint density at radius 1 is 0.826 bits per heavy atom. The Labute approximate surface area is 131 Å². The molecule has 0 aromatic heterocycles. The van der Waals surface area contributed by atoms with Gasteiger partial charge in [0.15, 0.2) is 6.29 Å². The molecular formula is C12H24O11. The quantitative estimate of drug-likeness (QED) is 0.203. The van der Waals surface area contributed by atoms with E-state index in [0.717, 1.165) is 0 Å². The van der Waals surface area contributed by atoms with E-state index in [-0.39, 0.29) is 0 Å². The molecule has 0 bridgehead atoms. The maximum absolute atomic E-state index is 9.65. The Kier molecular flexibility index (Phi) is 8.20. The van der Waals surface area contributed by atoms with Crippen LogP contribution in [0.5, 0.6) is 0 Å². The molecule has 0 aromatic carbocycles. The summed E-state index contributed by atoms with van der Waals surface area (Å²) in [5.41, 5.74) is 0. The van der Waals surface area contributed by atoms with Gasteiger partial charge in [-0.3, -0.25) is 0 Å². The van der Waals surface area contributed by atoms with Crippen molar-refractivity contribution in [3.05, 3.63) is 0 Å². The summed E-state index contributed by atoms with van der Waals surface area (Å²) >= 11 is 0. The van der Waals surface area contributed by atoms with Gasteiger partial charge in [-0.25, -0.2) is 0 Å². The van der Waals surface area contributed by atoms with E-state index in [0.29, 0.717) is 0 Å². The molecule has 11 nitrogen and oxygen atoms in total. The molecule has 11 heteroatoms. The summed E-state index contributed by atoms with van der Waals surface area (Å²) in [7, 11) is 0. The molecule has 0 amide bonds. The van der Waals surface area contributed by atoms with Gasteiger partial charge in [0.2, 0.25) is 0 Å². The molecule has 138 valence electrons. The highest BCUT2D eigenvalue weighted by Gasteiger charge is 2.43. The fraction of sp³-hybridized carbons (Fsp3) is 1.00. The normalized spacial score (nSPS) is 37.2. The van der Waals surface area contributed by atoms with E-state index in [1.807, 2.05) is 0 Å². The lowest BCUT2D eigenvalue weighted by molar-refractivity contribution is -0.289. The van der Waals surface area contributed by atoms with Gasteiger partial charge in [-0.2, -0.15) is 0 Å². The molecule has 1 saturated heterocycles. The second kappa shape index (κ2) is 9.15. The van der Waals surface area contributed by atoms with E-state index in [4.69, 9.17) is 19.7 Å². The van der Waals surface area contributed by atoms with Crippen LogP contribution in [0.4, 0.5) is 0 Å². The predicted octanol–water partition coefficient (Wildman–Crippen LogP) is -5.76. The number of aliphatic hydroxyl groups excluding tert-OH is 9. The van der Waals surface area contributed by atoms with Crippen molar-refractivity contribution in [2.24, 2.45) is 0 Å². The van der Waals surface area contributed by atoms with Crippen LogP contribution in [0.15, 0.2) is 0 Å². The molecule has 1 heterocycles. The van der Waals surface area contributed by atoms with E-state index in [1.165, 1.54) is 0 Å². The van der Waals surface area contributed by atoms with Crippen molar-refractivity contribution < 1.29 is 55.4 Å². The van der Waals surface area contributed by atoms with Gasteiger partial charge in [-0.1, -0.05) is 0 Å². The third-order valence-electron chi connectivity index (χ3n) is 3.58. The van der Waals surface area contributed by atoms with E-state index >= 15 is 0 Å². The first-order valence-corrected chi connectivity index (χ1v) is 6.99. The van der Waals surface area contributed by atoms with Crippen molar-refractivity contribution in [1.82, 2.24) is 0 Å². The van der Waals surface area contributed by atoms with E-state index < -0.39 is 74.9 Å². The average Bonchev–Trinajstić information content (AvgIpc) is 2.54. The lowest BCUT2D eigenvalue weighted by Crippen LogP contribution is -2.58. The van der Waals surface area contributed by atoms with Gasteiger partial charge >= 0.3 is 0 Å². The summed E-state index contributed by atoms with van der Waals surface area (Å²) in [6, 6.07) is 0. The second-order valence-electron chi connectivity index (χ2n) is 5.37. The summed E-state index contributed by atoms with van der Waals surface area (Å²) in [6.45, 7) is -1.74. The van der Waals surface area contributed by atoms with E-state index in [9.17, 15) is 35.7 Å². The first-order chi connectivity index (χ1) is 10.7. The fourth-order valence-corrected chi connectivity index (χ4v) is 2.04. The van der Waals surface area contributed by atoms with Gasteiger partial charge < -0.3 is 55.4 Å². The van der Waals surface area contributed by atoms with Gasteiger partial charge in [0, 0.05) is 0 Å². The number of hydrogen-bond donors (Lipinski definition) is 9. The first kappa shape index (κ1) is 20.6. The molecule has 0 spiro atoms. The van der Waals surface area contributed by atoms with Gasteiger partial charge in [0.1, 0.15) is 48.8 Å². The predicted molar refractivity (Wildman–Crippen MR) is 70.8 cm³/mol. The van der Waals surface area contributed by atoms with E-state index in [2.05, 4.69) is 0 Å². The largest absolute Gasteiger partial charge is 0.394 e. The molecule has 1 aliphatic heterocycles. The molecule has 0 aliphatic carbocycles. The Bertz CT molecular complexity index is 343. The molecule has 1 rings (SSSR count). The number of hydrogen-bond acceptors (Lipinski definition) is 11. The highest BCUT2D eigenvalue weighted by Crippen LogP contribution is 2.20. The van der Waals surface area contributed by atoms with Crippen LogP contribution in [-0.2, 0) is 9.47 Å². The van der Waals surface area contributed by atoms with Crippen molar-refractivity contribution in [2.75, 3.05) is 19.8 Å². The topological polar surface area (TPSA) is 201 Å². The molecule has 23 heavy (non-hydrogen) atoms. The summed E-state index contributed by atoms with van der Waals surface area (Å²) < 4.78 is 9.80. The zero-order chi connectivity index (χ0) is 17.7. The minimum Gasteiger partial charge on any atom is -0.394 e. The van der Waals surface area contributed by atoms with Crippen molar-refractivity contribution in [3.8, 4) is 0 Å². The van der Waals surface area contributed by atoms with Gasteiger partial charge in [0.05, 0.1) is 19.8 Å². The summed E-state index contributed by atoms with van der Waals surface area (Å²) in [5.74, 6) is 0. The fourth-order valence-electron chi connectivity index (χ4n) is 2.04. The molecule has 0 radical (unpaired) electrons. The zero-order valence-electron chi connectivity index (χ0n) is 12.2. The van der Waals surface area contributed by atoms with Gasteiger partial charge in [-0.05, 0) is 0 Å². The van der Waals surface area contributed by atoms with Gasteiger partial charge in [0.25, 0.3) is 0 Å². The van der Waals surface area contributed by atoms with Crippen LogP contribution >= 0.6 is 0 Å². The minimum absolute atomic E-state index is 0.398. The van der Waals surface area contributed by atoms with Crippen LogP contribution in [0.3, 0.4) is 0 Å². The monoisotopic (exact) mass is 344 g/mol. The standard InChI is InChI=1S/C12H24O11/c13-1-4(14)7(16)8(17)5(15)2-22-3-6-9(18)10(19)11(20)12(21)23-6/h4-21H,1-3H2. The van der Waals surface area contributed by atoms with Crippen molar-refractivity contribution in [3.63, 3.8) is 0 Å². The molecule has 1 aliphatic rings. The molecular weight excluding hydrogens is 320 g/mol. The molecule has 0 aromatic rings. The van der Waals surface area contributed by atoms with Crippen LogP contribution in [0.1, 0.15) is 0 Å². The highest BCUT2D eigenvalue weighted by atomic mass is 16.6. The van der Waals surface area contributed by atoms with Gasteiger partial charge in [-0.15, -0.1) is 0 Å². The van der Waals surface area contributed by atoms with Crippen LogP contribution < -0.4 is 0 Å². The average molecular weight is 344 g/mol. The number of ether oxygens (including phenoxy) is 2. The van der Waals surface area contributed by atoms with Crippen molar-refractivity contribution >= 4 is 0 Å². The third-order valence-corrected chi connectivity index (χ3v) is 3.58. The van der Waals surface area contributed by atoms with E-state index in [1.54, 1.807) is 0 Å². The summed E-state index contributed by atoms with van der Waals surface area (Å²) in [6.07, 6.45) is -14.6. The van der Waals surface area contributed by atoms with Crippen molar-refractivity contribution in [1.29, 1.82) is 0 Å². The second-order valence-corrected chi connectivity index (χ2v) is 5.37. The SMILES string of the molecule is OCC(O)C(O)C(O)C(O)COCC1OC(O)C(O)C(O)C1O. The Balaban J connectivity index is 2.41. The Hall–Kier alpha value is -0.440. The number of aliphatic hydroxyl groups is 9. The minimum atomic E-state index is -1.80. The van der Waals surface area contributed by atoms with Crippen molar-refractivity contribution in [2.45, 2.75) is 55.1 Å². The highest BCUT2D eigenvalue weighted by molar-refractivity contribution is 4.88. The van der Waals surface area contributed by atoms with Crippen LogP contribution in [0.2, 0.25) is 0 Å². The summed E-state index contributed by atoms with van der Waals surface area (Å²) in [4.78, 5) is 0. The molecule has 9 unspecified atom stereocenters. The Morgan fingerprint density at radius 2 is 1.39 bits per heavy atom. The first-order valence-electron chi connectivity index (χ1n) is 6.99. The maximum Gasteiger partial charge on any atom is 0.184 e.